The molecule has 3 aromatic carbocycles. The lowest BCUT2D eigenvalue weighted by Crippen LogP contribution is -1.89. The van der Waals surface area contributed by atoms with Crippen molar-refractivity contribution in [2.45, 2.75) is 0 Å². The van der Waals surface area contributed by atoms with Gasteiger partial charge in [0.2, 0.25) is 0 Å². The number of hydrogen-bond acceptors (Lipinski definition) is 2. The quantitative estimate of drug-likeness (QED) is 0.670. The average molecular weight is 290 g/mol. The maximum Gasteiger partial charge on any atom is 0.123 e. The van der Waals surface area contributed by atoms with Crippen molar-refractivity contribution in [2.75, 3.05) is 14.2 Å². The summed E-state index contributed by atoms with van der Waals surface area (Å²) >= 11 is 0. The first kappa shape index (κ1) is 14.2. The summed E-state index contributed by atoms with van der Waals surface area (Å²) in [5, 5.41) is 0. The van der Waals surface area contributed by atoms with Crippen LogP contribution >= 0.6 is 0 Å². The number of ether oxygens (including phenoxy) is 2. The molecule has 0 atom stereocenters. The molecule has 3 rings (SSSR count). The Hall–Kier alpha value is -2.74. The van der Waals surface area contributed by atoms with Crippen LogP contribution in [0.3, 0.4) is 0 Å². The van der Waals surface area contributed by atoms with Crippen LogP contribution in [0, 0.1) is 0 Å². The van der Waals surface area contributed by atoms with Gasteiger partial charge in [-0.2, -0.15) is 0 Å². The molecule has 2 heteroatoms. The summed E-state index contributed by atoms with van der Waals surface area (Å²) in [6.45, 7) is 0. The first-order chi connectivity index (χ1) is 10.8. The highest BCUT2D eigenvalue weighted by Gasteiger charge is 2.05. The van der Waals surface area contributed by atoms with E-state index < -0.39 is 0 Å². The number of benzene rings is 3. The Morgan fingerprint density at radius 2 is 0.955 bits per heavy atom. The molecule has 0 N–H and O–H groups in total. The highest BCUT2D eigenvalue weighted by atomic mass is 16.5. The van der Waals surface area contributed by atoms with Crippen molar-refractivity contribution >= 4 is 0 Å². The molecule has 0 amide bonds. The van der Waals surface area contributed by atoms with Crippen LogP contribution in [0.2, 0.25) is 0 Å². The molecule has 22 heavy (non-hydrogen) atoms. The Morgan fingerprint density at radius 1 is 0.500 bits per heavy atom. The summed E-state index contributed by atoms with van der Waals surface area (Å²) in [6, 6.07) is 24.8. The van der Waals surface area contributed by atoms with Crippen LogP contribution in [0.1, 0.15) is 0 Å². The molecule has 2 nitrogen and oxygen atoms in total. The normalized spacial score (nSPS) is 10.3. The van der Waals surface area contributed by atoms with Gasteiger partial charge in [0, 0.05) is 6.07 Å². The monoisotopic (exact) mass is 290 g/mol. The van der Waals surface area contributed by atoms with Crippen molar-refractivity contribution in [3.8, 4) is 33.8 Å². The smallest absolute Gasteiger partial charge is 0.123 e. The van der Waals surface area contributed by atoms with Crippen molar-refractivity contribution < 1.29 is 9.47 Å². The number of rotatable bonds is 4. The highest BCUT2D eigenvalue weighted by Crippen LogP contribution is 2.31. The fourth-order valence-corrected chi connectivity index (χ4v) is 2.46. The summed E-state index contributed by atoms with van der Waals surface area (Å²) in [7, 11) is 3.33. The average Bonchev–Trinajstić information content (AvgIpc) is 2.62. The van der Waals surface area contributed by atoms with E-state index in [0.717, 1.165) is 22.6 Å². The Labute approximate surface area is 131 Å². The zero-order valence-electron chi connectivity index (χ0n) is 12.7. The van der Waals surface area contributed by atoms with E-state index in [9.17, 15) is 0 Å². The fourth-order valence-electron chi connectivity index (χ4n) is 2.46. The number of hydrogen-bond donors (Lipinski definition) is 0. The first-order valence-corrected chi connectivity index (χ1v) is 7.19. The third-order valence-electron chi connectivity index (χ3n) is 3.68. The van der Waals surface area contributed by atoms with Gasteiger partial charge in [0.05, 0.1) is 14.2 Å². The van der Waals surface area contributed by atoms with Gasteiger partial charge in [-0.15, -0.1) is 0 Å². The molecular weight excluding hydrogens is 272 g/mol. The molecule has 0 radical (unpaired) electrons. The van der Waals surface area contributed by atoms with E-state index in [1.165, 1.54) is 11.1 Å². The third kappa shape index (κ3) is 2.96. The molecule has 0 aliphatic carbocycles. The van der Waals surface area contributed by atoms with Gasteiger partial charge in [0.1, 0.15) is 11.5 Å². The van der Waals surface area contributed by atoms with E-state index in [4.69, 9.17) is 9.47 Å². The van der Waals surface area contributed by atoms with Crippen LogP contribution in [0.5, 0.6) is 11.5 Å². The predicted molar refractivity (Wildman–Crippen MR) is 90.4 cm³/mol. The molecule has 0 spiro atoms. The van der Waals surface area contributed by atoms with E-state index in [0.29, 0.717) is 0 Å². The van der Waals surface area contributed by atoms with E-state index in [-0.39, 0.29) is 0 Å². The lowest BCUT2D eigenvalue weighted by molar-refractivity contribution is 0.394. The van der Waals surface area contributed by atoms with Gasteiger partial charge >= 0.3 is 0 Å². The van der Waals surface area contributed by atoms with Crippen molar-refractivity contribution in [1.82, 2.24) is 0 Å². The Morgan fingerprint density at radius 3 is 1.45 bits per heavy atom. The van der Waals surface area contributed by atoms with Gasteiger partial charge in [-0.3, -0.25) is 0 Å². The molecule has 0 fully saturated rings. The molecule has 0 unspecified atom stereocenters. The largest absolute Gasteiger partial charge is 0.497 e. The Balaban J connectivity index is 1.96. The van der Waals surface area contributed by atoms with E-state index in [1.807, 2.05) is 24.3 Å². The predicted octanol–water partition coefficient (Wildman–Crippen LogP) is 5.04. The van der Waals surface area contributed by atoms with Gasteiger partial charge in [0.15, 0.2) is 0 Å². The fraction of sp³-hybridized carbons (Fsp3) is 0.100. The molecule has 0 aliphatic rings. The first-order valence-electron chi connectivity index (χ1n) is 7.19. The van der Waals surface area contributed by atoms with Crippen LogP contribution in [-0.2, 0) is 0 Å². The van der Waals surface area contributed by atoms with Crippen LogP contribution < -0.4 is 9.47 Å². The second-order valence-electron chi connectivity index (χ2n) is 5.04. The molecule has 0 saturated heterocycles. The zero-order chi connectivity index (χ0) is 15.4. The van der Waals surface area contributed by atoms with Gasteiger partial charge in [-0.05, 0) is 34.4 Å². The van der Waals surface area contributed by atoms with Crippen molar-refractivity contribution in [2.24, 2.45) is 0 Å². The molecule has 3 aromatic rings. The van der Waals surface area contributed by atoms with Crippen molar-refractivity contribution in [3.63, 3.8) is 0 Å². The lowest BCUT2D eigenvalue weighted by atomic mass is 10.00. The zero-order valence-corrected chi connectivity index (χ0v) is 12.7. The lowest BCUT2D eigenvalue weighted by Gasteiger charge is -2.09. The molecule has 0 bridgehead atoms. The van der Waals surface area contributed by atoms with Crippen molar-refractivity contribution in [1.29, 1.82) is 0 Å². The maximum absolute atomic E-state index is 5.33. The van der Waals surface area contributed by atoms with E-state index >= 15 is 0 Å². The molecule has 0 aromatic heterocycles. The van der Waals surface area contributed by atoms with Crippen molar-refractivity contribution in [3.05, 3.63) is 72.8 Å². The molecular formula is C20H18O2. The Kier molecular flexibility index (Phi) is 4.10. The minimum absolute atomic E-state index is 0.793. The standard InChI is InChI=1S/C20H18O2/c1-21-19-12-18(13-20(14-19)22-2)17-10-8-16(9-11-17)15-6-4-3-5-7-15/h3-14H,1-2H3. The summed E-state index contributed by atoms with van der Waals surface area (Å²) in [5.41, 5.74) is 4.64. The second kappa shape index (κ2) is 6.35. The summed E-state index contributed by atoms with van der Waals surface area (Å²) in [6.07, 6.45) is 0. The van der Waals surface area contributed by atoms with Crippen LogP contribution in [-0.4, -0.2) is 14.2 Å². The molecule has 0 saturated carbocycles. The van der Waals surface area contributed by atoms with Crippen LogP contribution in [0.4, 0.5) is 0 Å². The molecule has 0 heterocycles. The van der Waals surface area contributed by atoms with Gasteiger partial charge < -0.3 is 9.47 Å². The molecule has 0 aliphatic heterocycles. The SMILES string of the molecule is COc1cc(OC)cc(-c2ccc(-c3ccccc3)cc2)c1. The minimum Gasteiger partial charge on any atom is -0.497 e. The van der Waals surface area contributed by atoms with Crippen LogP contribution in [0.15, 0.2) is 72.8 Å². The van der Waals surface area contributed by atoms with Gasteiger partial charge in [0.25, 0.3) is 0 Å². The highest BCUT2D eigenvalue weighted by molar-refractivity contribution is 5.72. The topological polar surface area (TPSA) is 18.5 Å². The second-order valence-corrected chi connectivity index (χ2v) is 5.04. The summed E-state index contributed by atoms with van der Waals surface area (Å²) in [5.74, 6) is 1.59. The van der Waals surface area contributed by atoms with Crippen LogP contribution in [0.25, 0.3) is 22.3 Å². The van der Waals surface area contributed by atoms with E-state index in [2.05, 4.69) is 48.5 Å². The van der Waals surface area contributed by atoms with Gasteiger partial charge in [-0.25, -0.2) is 0 Å². The number of methoxy groups -OCH3 is 2. The maximum atomic E-state index is 5.33. The Bertz CT molecular complexity index is 724. The summed E-state index contributed by atoms with van der Waals surface area (Å²) in [4.78, 5) is 0. The third-order valence-corrected chi connectivity index (χ3v) is 3.68. The van der Waals surface area contributed by atoms with E-state index in [1.54, 1.807) is 14.2 Å². The minimum atomic E-state index is 0.793. The molecule has 110 valence electrons. The van der Waals surface area contributed by atoms with Gasteiger partial charge in [-0.1, -0.05) is 54.6 Å². The summed E-state index contributed by atoms with van der Waals surface area (Å²) < 4.78 is 10.7.